The van der Waals surface area contributed by atoms with Crippen LogP contribution in [0.1, 0.15) is 13.8 Å². The van der Waals surface area contributed by atoms with Crippen LogP contribution in [0, 0.1) is 5.92 Å². The number of amidine groups is 1. The fourth-order valence-electron chi connectivity index (χ4n) is 1.97. The van der Waals surface area contributed by atoms with Gasteiger partial charge in [0.15, 0.2) is 0 Å². The Hall–Kier alpha value is -0.850. The van der Waals surface area contributed by atoms with Gasteiger partial charge in [0.05, 0.1) is 18.8 Å². The third-order valence-electron chi connectivity index (χ3n) is 2.76. The molecule has 0 saturated carbocycles. The van der Waals surface area contributed by atoms with Crippen LogP contribution in [-0.2, 0) is 4.74 Å². The molecule has 0 aromatic rings. The Labute approximate surface area is 95.7 Å². The SMILES string of the molecule is CC1CN(CC(C)C(N)=NO)CC(CO)O1. The number of oxime groups is 1. The predicted molar refractivity (Wildman–Crippen MR) is 60.4 cm³/mol. The van der Waals surface area contributed by atoms with Crippen LogP contribution in [0.15, 0.2) is 5.16 Å². The van der Waals surface area contributed by atoms with E-state index in [1.807, 2.05) is 13.8 Å². The lowest BCUT2D eigenvalue weighted by molar-refractivity contribution is -0.0961. The number of ether oxygens (including phenoxy) is 1. The van der Waals surface area contributed by atoms with Crippen molar-refractivity contribution in [1.29, 1.82) is 0 Å². The maximum Gasteiger partial charge on any atom is 0.143 e. The van der Waals surface area contributed by atoms with E-state index >= 15 is 0 Å². The second kappa shape index (κ2) is 6.03. The van der Waals surface area contributed by atoms with Crippen LogP contribution in [0.5, 0.6) is 0 Å². The van der Waals surface area contributed by atoms with Gasteiger partial charge in [-0.3, -0.25) is 4.90 Å². The van der Waals surface area contributed by atoms with E-state index in [-0.39, 0.29) is 30.6 Å². The minimum atomic E-state index is -0.136. The average molecular weight is 231 g/mol. The average Bonchev–Trinajstić information content (AvgIpc) is 2.26. The van der Waals surface area contributed by atoms with Crippen molar-refractivity contribution in [2.75, 3.05) is 26.2 Å². The lowest BCUT2D eigenvalue weighted by Crippen LogP contribution is -2.50. The summed E-state index contributed by atoms with van der Waals surface area (Å²) in [5, 5.41) is 20.6. The second-order valence-electron chi connectivity index (χ2n) is 4.40. The number of aliphatic hydroxyl groups excluding tert-OH is 1. The summed E-state index contributed by atoms with van der Waals surface area (Å²) in [5.74, 6) is 0.231. The highest BCUT2D eigenvalue weighted by atomic mass is 16.5. The van der Waals surface area contributed by atoms with Crippen molar-refractivity contribution >= 4 is 5.84 Å². The quantitative estimate of drug-likeness (QED) is 0.261. The van der Waals surface area contributed by atoms with Crippen molar-refractivity contribution in [3.05, 3.63) is 0 Å². The molecule has 0 radical (unpaired) electrons. The highest BCUT2D eigenvalue weighted by Gasteiger charge is 2.26. The maximum atomic E-state index is 9.08. The molecule has 94 valence electrons. The first kappa shape index (κ1) is 13.2. The molecule has 1 aliphatic heterocycles. The predicted octanol–water partition coefficient (Wildman–Crippen LogP) is -0.549. The smallest absolute Gasteiger partial charge is 0.143 e. The molecule has 4 N–H and O–H groups in total. The monoisotopic (exact) mass is 231 g/mol. The Balaban J connectivity index is 2.47. The normalized spacial score (nSPS) is 30.3. The minimum absolute atomic E-state index is 0.00496. The first-order valence-corrected chi connectivity index (χ1v) is 5.52. The summed E-state index contributed by atoms with van der Waals surface area (Å²) in [6, 6.07) is 0. The zero-order chi connectivity index (χ0) is 12.1. The van der Waals surface area contributed by atoms with Crippen LogP contribution in [0.3, 0.4) is 0 Å². The Morgan fingerprint density at radius 3 is 2.88 bits per heavy atom. The molecule has 1 aliphatic rings. The largest absolute Gasteiger partial charge is 0.409 e. The number of nitrogens with zero attached hydrogens (tertiary/aromatic N) is 2. The standard InChI is InChI=1S/C10H21N3O3/c1-7(10(11)12-15)3-13-4-8(2)16-9(5-13)6-14/h7-9,14-15H,3-6H2,1-2H3,(H2,11,12). The Kier molecular flexibility index (Phi) is 4.98. The molecule has 1 fully saturated rings. The van der Waals surface area contributed by atoms with Crippen LogP contribution in [0.25, 0.3) is 0 Å². The maximum absolute atomic E-state index is 9.08. The van der Waals surface area contributed by atoms with Gasteiger partial charge in [0, 0.05) is 25.6 Å². The van der Waals surface area contributed by atoms with E-state index in [9.17, 15) is 0 Å². The molecule has 3 atom stereocenters. The van der Waals surface area contributed by atoms with Crippen molar-refractivity contribution in [2.24, 2.45) is 16.8 Å². The summed E-state index contributed by atoms with van der Waals surface area (Å²) in [4.78, 5) is 2.16. The number of hydrogen-bond acceptors (Lipinski definition) is 5. The fraction of sp³-hybridized carbons (Fsp3) is 0.900. The molecule has 16 heavy (non-hydrogen) atoms. The number of morpholine rings is 1. The van der Waals surface area contributed by atoms with Gasteiger partial charge in [-0.15, -0.1) is 0 Å². The van der Waals surface area contributed by atoms with Crippen LogP contribution in [0.4, 0.5) is 0 Å². The first-order valence-electron chi connectivity index (χ1n) is 5.52. The Morgan fingerprint density at radius 1 is 1.62 bits per heavy atom. The molecule has 6 nitrogen and oxygen atoms in total. The first-order chi connectivity index (χ1) is 7.56. The van der Waals surface area contributed by atoms with Crippen LogP contribution >= 0.6 is 0 Å². The van der Waals surface area contributed by atoms with Crippen molar-refractivity contribution in [2.45, 2.75) is 26.1 Å². The molecule has 0 spiro atoms. The van der Waals surface area contributed by atoms with Crippen LogP contribution in [-0.4, -0.2) is 59.5 Å². The van der Waals surface area contributed by atoms with E-state index in [0.29, 0.717) is 13.1 Å². The molecule has 1 saturated heterocycles. The van der Waals surface area contributed by atoms with Gasteiger partial charge in [-0.25, -0.2) is 0 Å². The molecule has 0 bridgehead atoms. The zero-order valence-electron chi connectivity index (χ0n) is 9.83. The van der Waals surface area contributed by atoms with Crippen molar-refractivity contribution < 1.29 is 15.1 Å². The van der Waals surface area contributed by atoms with Gasteiger partial charge in [-0.05, 0) is 6.92 Å². The summed E-state index contributed by atoms with van der Waals surface area (Å²) in [5.41, 5.74) is 5.53. The van der Waals surface area contributed by atoms with E-state index in [4.69, 9.17) is 20.8 Å². The van der Waals surface area contributed by atoms with Crippen molar-refractivity contribution in [3.63, 3.8) is 0 Å². The Bertz CT molecular complexity index is 247. The van der Waals surface area contributed by atoms with E-state index in [2.05, 4.69) is 10.1 Å². The summed E-state index contributed by atoms with van der Waals surface area (Å²) in [6.45, 7) is 6.11. The van der Waals surface area contributed by atoms with Gasteiger partial charge in [0.25, 0.3) is 0 Å². The molecule has 1 heterocycles. The van der Waals surface area contributed by atoms with Gasteiger partial charge in [0.2, 0.25) is 0 Å². The molecule has 0 amide bonds. The molecule has 1 rings (SSSR count). The van der Waals surface area contributed by atoms with Gasteiger partial charge >= 0.3 is 0 Å². The van der Waals surface area contributed by atoms with Gasteiger partial charge in [0.1, 0.15) is 5.84 Å². The van der Waals surface area contributed by atoms with E-state index in [1.54, 1.807) is 0 Å². The number of aliphatic hydroxyl groups is 1. The molecular weight excluding hydrogens is 210 g/mol. The molecule has 3 unspecified atom stereocenters. The summed E-state index contributed by atoms with van der Waals surface area (Å²) in [6.07, 6.45) is -0.0337. The third-order valence-corrected chi connectivity index (χ3v) is 2.76. The number of rotatable bonds is 4. The molecule has 6 heteroatoms. The Morgan fingerprint density at radius 2 is 2.31 bits per heavy atom. The van der Waals surface area contributed by atoms with E-state index in [1.165, 1.54) is 0 Å². The second-order valence-corrected chi connectivity index (χ2v) is 4.40. The van der Waals surface area contributed by atoms with Gasteiger partial charge in [-0.1, -0.05) is 12.1 Å². The highest BCUT2D eigenvalue weighted by molar-refractivity contribution is 5.82. The molecule has 0 aromatic heterocycles. The topological polar surface area (TPSA) is 91.3 Å². The number of nitrogens with two attached hydrogens (primary N) is 1. The van der Waals surface area contributed by atoms with Gasteiger partial charge < -0.3 is 20.8 Å². The summed E-state index contributed by atoms with van der Waals surface area (Å²) >= 11 is 0. The zero-order valence-corrected chi connectivity index (χ0v) is 9.83. The summed E-state index contributed by atoms with van der Waals surface area (Å²) < 4.78 is 5.53. The molecule has 0 aromatic carbocycles. The number of hydrogen-bond donors (Lipinski definition) is 3. The lowest BCUT2D eigenvalue weighted by Gasteiger charge is -2.37. The van der Waals surface area contributed by atoms with Crippen molar-refractivity contribution in [1.82, 2.24) is 4.90 Å². The van der Waals surface area contributed by atoms with Crippen molar-refractivity contribution in [3.8, 4) is 0 Å². The summed E-state index contributed by atoms with van der Waals surface area (Å²) in [7, 11) is 0. The van der Waals surface area contributed by atoms with Crippen LogP contribution in [0.2, 0.25) is 0 Å². The minimum Gasteiger partial charge on any atom is -0.409 e. The lowest BCUT2D eigenvalue weighted by atomic mass is 10.1. The highest BCUT2D eigenvalue weighted by Crippen LogP contribution is 2.12. The van der Waals surface area contributed by atoms with E-state index in [0.717, 1.165) is 6.54 Å². The molecule has 0 aliphatic carbocycles. The third kappa shape index (κ3) is 3.62. The van der Waals surface area contributed by atoms with Gasteiger partial charge in [-0.2, -0.15) is 0 Å². The fourth-order valence-corrected chi connectivity index (χ4v) is 1.97. The van der Waals surface area contributed by atoms with E-state index < -0.39 is 0 Å². The van der Waals surface area contributed by atoms with Crippen LogP contribution < -0.4 is 5.73 Å². The molecular formula is C10H21N3O3.